The van der Waals surface area contributed by atoms with E-state index in [1.165, 1.54) is 4.68 Å². The summed E-state index contributed by atoms with van der Waals surface area (Å²) in [4.78, 5) is 10.4. The van der Waals surface area contributed by atoms with Gasteiger partial charge in [0.2, 0.25) is 5.16 Å². The van der Waals surface area contributed by atoms with Gasteiger partial charge in [-0.15, -0.1) is 10.2 Å². The van der Waals surface area contributed by atoms with Crippen LogP contribution in [0.5, 0.6) is 0 Å². The molecule has 0 amide bonds. The molecule has 0 radical (unpaired) electrons. The van der Waals surface area contributed by atoms with Crippen molar-refractivity contribution in [2.45, 2.75) is 5.16 Å². The molecule has 2 aromatic heterocycles. The maximum absolute atomic E-state index is 10.4. The number of carboxylic acids is 1. The standard InChI is InChI=1S/C8H10N6O2S/c1-13-3-5(2-10-13)7-11-12-8(14(7)9)17-4-6(15)16/h2-3H,4,9H2,1H3,(H,15,16). The van der Waals surface area contributed by atoms with Crippen LogP contribution in [0.2, 0.25) is 0 Å². The second-order valence-corrected chi connectivity index (χ2v) is 4.20. The molecule has 9 heteroatoms. The number of aryl methyl sites for hydroxylation is 1. The lowest BCUT2D eigenvalue weighted by Crippen LogP contribution is -2.12. The van der Waals surface area contributed by atoms with Crippen LogP contribution in [0.25, 0.3) is 11.4 Å². The van der Waals surface area contributed by atoms with Crippen molar-refractivity contribution in [3.63, 3.8) is 0 Å². The topological polar surface area (TPSA) is 112 Å². The van der Waals surface area contributed by atoms with Gasteiger partial charge in [0, 0.05) is 13.2 Å². The smallest absolute Gasteiger partial charge is 0.313 e. The number of aliphatic carboxylic acids is 1. The molecule has 0 fully saturated rings. The highest BCUT2D eigenvalue weighted by atomic mass is 32.2. The third kappa shape index (κ3) is 2.38. The fourth-order valence-electron chi connectivity index (χ4n) is 1.24. The fourth-order valence-corrected chi connectivity index (χ4v) is 1.81. The second-order valence-electron chi connectivity index (χ2n) is 3.26. The van der Waals surface area contributed by atoms with Crippen LogP contribution in [0.15, 0.2) is 17.6 Å². The molecule has 0 aliphatic rings. The summed E-state index contributed by atoms with van der Waals surface area (Å²) in [5.74, 6) is 5.18. The average Bonchev–Trinajstić information content (AvgIpc) is 2.82. The molecule has 0 unspecified atom stereocenters. The van der Waals surface area contributed by atoms with Gasteiger partial charge in [-0.2, -0.15) is 5.10 Å². The molecular formula is C8H10N6O2S. The molecular weight excluding hydrogens is 244 g/mol. The highest BCUT2D eigenvalue weighted by molar-refractivity contribution is 7.99. The van der Waals surface area contributed by atoms with Gasteiger partial charge < -0.3 is 10.9 Å². The van der Waals surface area contributed by atoms with E-state index < -0.39 is 5.97 Å². The van der Waals surface area contributed by atoms with E-state index in [0.29, 0.717) is 11.0 Å². The van der Waals surface area contributed by atoms with Gasteiger partial charge in [-0.1, -0.05) is 11.8 Å². The quantitative estimate of drug-likeness (QED) is 0.562. The third-order valence-electron chi connectivity index (χ3n) is 1.95. The first kappa shape index (κ1) is 11.5. The molecule has 0 bridgehead atoms. The number of hydrogen-bond donors (Lipinski definition) is 2. The fraction of sp³-hybridized carbons (Fsp3) is 0.250. The van der Waals surface area contributed by atoms with Crippen LogP contribution in [-0.2, 0) is 11.8 Å². The predicted molar refractivity (Wildman–Crippen MR) is 60.7 cm³/mol. The molecule has 8 nitrogen and oxygen atoms in total. The Labute approximate surface area is 100 Å². The van der Waals surface area contributed by atoms with Gasteiger partial charge in [0.15, 0.2) is 5.82 Å². The molecule has 0 saturated carbocycles. The van der Waals surface area contributed by atoms with Crippen molar-refractivity contribution in [1.29, 1.82) is 0 Å². The molecule has 0 aliphatic heterocycles. The van der Waals surface area contributed by atoms with Gasteiger partial charge in [0.25, 0.3) is 0 Å². The number of aromatic nitrogens is 5. The molecule has 17 heavy (non-hydrogen) atoms. The lowest BCUT2D eigenvalue weighted by atomic mass is 10.3. The van der Waals surface area contributed by atoms with E-state index in [4.69, 9.17) is 10.9 Å². The first-order valence-electron chi connectivity index (χ1n) is 4.62. The zero-order valence-electron chi connectivity index (χ0n) is 8.94. The Balaban J connectivity index is 2.23. The largest absolute Gasteiger partial charge is 0.481 e. The Morgan fingerprint density at radius 2 is 2.35 bits per heavy atom. The molecule has 2 rings (SSSR count). The number of carbonyl (C=O) groups is 1. The van der Waals surface area contributed by atoms with E-state index in [1.807, 2.05) is 0 Å². The zero-order valence-corrected chi connectivity index (χ0v) is 9.76. The summed E-state index contributed by atoms with van der Waals surface area (Å²) in [5, 5.41) is 20.6. The highest BCUT2D eigenvalue weighted by Gasteiger charge is 2.14. The van der Waals surface area contributed by atoms with Crippen molar-refractivity contribution in [1.82, 2.24) is 24.7 Å². The van der Waals surface area contributed by atoms with Gasteiger partial charge >= 0.3 is 5.97 Å². The van der Waals surface area contributed by atoms with Gasteiger partial charge in [-0.3, -0.25) is 9.48 Å². The monoisotopic (exact) mass is 254 g/mol. The maximum atomic E-state index is 10.4. The molecule has 0 saturated heterocycles. The molecule has 0 aliphatic carbocycles. The molecule has 0 aromatic carbocycles. The number of hydrogen-bond acceptors (Lipinski definition) is 6. The minimum Gasteiger partial charge on any atom is -0.481 e. The average molecular weight is 254 g/mol. The van der Waals surface area contributed by atoms with E-state index >= 15 is 0 Å². The van der Waals surface area contributed by atoms with Crippen LogP contribution in [0.1, 0.15) is 0 Å². The molecule has 2 aromatic rings. The van der Waals surface area contributed by atoms with Crippen LogP contribution in [-0.4, -0.2) is 41.5 Å². The molecule has 90 valence electrons. The number of carboxylic acid groups (broad SMARTS) is 1. The van der Waals surface area contributed by atoms with Crippen LogP contribution in [0.3, 0.4) is 0 Å². The summed E-state index contributed by atoms with van der Waals surface area (Å²) < 4.78 is 2.87. The van der Waals surface area contributed by atoms with Crippen molar-refractivity contribution in [2.24, 2.45) is 7.05 Å². The minimum absolute atomic E-state index is 0.109. The molecule has 0 spiro atoms. The Morgan fingerprint density at radius 3 is 2.94 bits per heavy atom. The Hall–Kier alpha value is -2.03. The lowest BCUT2D eigenvalue weighted by molar-refractivity contribution is -0.133. The first-order chi connectivity index (χ1) is 8.08. The summed E-state index contributed by atoms with van der Waals surface area (Å²) in [5.41, 5.74) is 0.727. The molecule has 3 N–H and O–H groups in total. The maximum Gasteiger partial charge on any atom is 0.313 e. The Morgan fingerprint density at radius 1 is 1.59 bits per heavy atom. The summed E-state index contributed by atoms with van der Waals surface area (Å²) in [6.07, 6.45) is 3.36. The van der Waals surface area contributed by atoms with Gasteiger partial charge in [0.05, 0.1) is 17.5 Å². The second kappa shape index (κ2) is 4.45. The Bertz CT molecular complexity index is 548. The normalized spacial score (nSPS) is 10.6. The van der Waals surface area contributed by atoms with E-state index in [1.54, 1.807) is 24.1 Å². The minimum atomic E-state index is -0.930. The van der Waals surface area contributed by atoms with E-state index in [9.17, 15) is 4.79 Å². The van der Waals surface area contributed by atoms with Gasteiger partial charge in [-0.25, -0.2) is 4.68 Å². The number of rotatable bonds is 4. The van der Waals surface area contributed by atoms with Gasteiger partial charge in [-0.05, 0) is 0 Å². The Kier molecular flexibility index (Phi) is 3.00. The number of thioether (sulfide) groups is 1. The molecule has 2 heterocycles. The van der Waals surface area contributed by atoms with Crippen LogP contribution in [0.4, 0.5) is 0 Å². The van der Waals surface area contributed by atoms with E-state index in [-0.39, 0.29) is 5.75 Å². The highest BCUT2D eigenvalue weighted by Crippen LogP contribution is 2.20. The van der Waals surface area contributed by atoms with Crippen LogP contribution in [0, 0.1) is 0 Å². The van der Waals surface area contributed by atoms with Crippen molar-refractivity contribution in [3.8, 4) is 11.4 Å². The number of nitrogens with two attached hydrogens (primary N) is 1. The van der Waals surface area contributed by atoms with Crippen LogP contribution < -0.4 is 5.84 Å². The van der Waals surface area contributed by atoms with Crippen LogP contribution >= 0.6 is 11.8 Å². The lowest BCUT2D eigenvalue weighted by Gasteiger charge is -1.99. The van der Waals surface area contributed by atoms with Gasteiger partial charge in [0.1, 0.15) is 0 Å². The summed E-state index contributed by atoms with van der Waals surface area (Å²) in [6.45, 7) is 0. The van der Waals surface area contributed by atoms with E-state index in [0.717, 1.165) is 17.3 Å². The summed E-state index contributed by atoms with van der Waals surface area (Å²) >= 11 is 1.02. The number of nitrogens with zero attached hydrogens (tertiary/aromatic N) is 5. The van der Waals surface area contributed by atoms with Crippen molar-refractivity contribution < 1.29 is 9.90 Å². The third-order valence-corrected chi connectivity index (χ3v) is 2.88. The SMILES string of the molecule is Cn1cc(-c2nnc(SCC(=O)O)n2N)cn1. The molecule has 0 atom stereocenters. The summed E-state index contributed by atoms with van der Waals surface area (Å²) in [6, 6.07) is 0. The first-order valence-corrected chi connectivity index (χ1v) is 5.60. The van der Waals surface area contributed by atoms with Crippen molar-refractivity contribution in [3.05, 3.63) is 12.4 Å². The van der Waals surface area contributed by atoms with Crippen molar-refractivity contribution in [2.75, 3.05) is 11.6 Å². The predicted octanol–water partition coefficient (Wildman–Crippen LogP) is -0.431. The van der Waals surface area contributed by atoms with Crippen molar-refractivity contribution >= 4 is 17.7 Å². The summed E-state index contributed by atoms with van der Waals surface area (Å²) in [7, 11) is 1.78. The van der Waals surface area contributed by atoms with E-state index in [2.05, 4.69) is 15.3 Å². The zero-order chi connectivity index (χ0) is 12.4. The number of nitrogen functional groups attached to an aromatic ring is 1.